The second kappa shape index (κ2) is 7.26. The van der Waals surface area contributed by atoms with Crippen LogP contribution in [-0.4, -0.2) is 43.0 Å². The number of aliphatic hydroxyl groups is 1. The summed E-state index contributed by atoms with van der Waals surface area (Å²) in [6.45, 7) is 2.78. The lowest BCUT2D eigenvalue weighted by molar-refractivity contribution is -0.376. The monoisotopic (exact) mass is 412 g/mol. The molecular formula is C17H18F6N2O3. The summed E-state index contributed by atoms with van der Waals surface area (Å²) in [6.07, 6.45) is -11.8. The van der Waals surface area contributed by atoms with Crippen molar-refractivity contribution in [3.8, 4) is 0 Å². The number of anilines is 1. The van der Waals surface area contributed by atoms with Gasteiger partial charge >= 0.3 is 12.4 Å². The molecule has 1 amide bonds. The molecule has 0 unspecified atom stereocenters. The van der Waals surface area contributed by atoms with E-state index in [0.717, 1.165) is 0 Å². The molecule has 0 radical (unpaired) electrons. The maximum Gasteiger partial charge on any atom is 0.430 e. The Kier molecular flexibility index (Phi) is 5.71. The van der Waals surface area contributed by atoms with E-state index in [9.17, 15) is 36.2 Å². The molecule has 0 fully saturated rings. The number of amides is 1. The predicted octanol–water partition coefficient (Wildman–Crippen LogP) is 3.47. The molecule has 0 aromatic heterocycles. The Balaban J connectivity index is 2.72. The average molecular weight is 412 g/mol. The number of benzene rings is 1. The van der Waals surface area contributed by atoms with Gasteiger partial charge in [0, 0.05) is 12.6 Å². The summed E-state index contributed by atoms with van der Waals surface area (Å²) in [5.74, 6) is -0.557. The Hall–Kier alpha value is -2.30. The van der Waals surface area contributed by atoms with Crippen LogP contribution in [0.25, 0.3) is 0 Å². The van der Waals surface area contributed by atoms with E-state index >= 15 is 0 Å². The molecule has 0 saturated carbocycles. The van der Waals surface area contributed by atoms with Gasteiger partial charge in [-0.05, 0) is 24.0 Å². The van der Waals surface area contributed by atoms with Gasteiger partial charge in [-0.2, -0.15) is 31.3 Å². The Morgan fingerprint density at radius 3 is 1.86 bits per heavy atom. The van der Waals surface area contributed by atoms with Gasteiger partial charge in [-0.1, -0.05) is 26.0 Å². The highest BCUT2D eigenvalue weighted by Gasteiger charge is 2.71. The van der Waals surface area contributed by atoms with E-state index in [4.69, 9.17) is 4.74 Å². The molecule has 0 saturated heterocycles. The summed E-state index contributed by atoms with van der Waals surface area (Å²) < 4.78 is 84.6. The van der Waals surface area contributed by atoms with Crippen LogP contribution in [0.4, 0.5) is 32.0 Å². The molecule has 1 N–H and O–H groups in total. The molecule has 2 rings (SSSR count). The summed E-state index contributed by atoms with van der Waals surface area (Å²) in [5.41, 5.74) is -5.84. The third-order valence-electron chi connectivity index (χ3n) is 4.44. The first kappa shape index (κ1) is 22.0. The molecule has 1 aromatic carbocycles. The van der Waals surface area contributed by atoms with E-state index in [1.165, 1.54) is 11.9 Å². The SMILES string of the molecule is CCc1cc(C(O)(C(F)(F)F)C(F)(F)F)cc(CC)c1N(C)C1=NC(=O)CO1. The molecule has 0 atom stereocenters. The van der Waals surface area contributed by atoms with Gasteiger partial charge in [-0.3, -0.25) is 9.69 Å². The molecule has 1 aliphatic rings. The maximum absolute atomic E-state index is 13.2. The van der Waals surface area contributed by atoms with Crippen molar-refractivity contribution in [3.63, 3.8) is 0 Å². The Labute approximate surface area is 156 Å². The van der Waals surface area contributed by atoms with Crippen LogP contribution in [0.15, 0.2) is 17.1 Å². The van der Waals surface area contributed by atoms with Crippen molar-refractivity contribution < 1.29 is 41.0 Å². The first-order valence-electron chi connectivity index (χ1n) is 8.28. The molecular weight excluding hydrogens is 394 g/mol. The van der Waals surface area contributed by atoms with Crippen LogP contribution in [0.3, 0.4) is 0 Å². The lowest BCUT2D eigenvalue weighted by Crippen LogP contribution is -2.54. The third kappa shape index (κ3) is 3.54. The van der Waals surface area contributed by atoms with Gasteiger partial charge in [0.25, 0.3) is 17.5 Å². The van der Waals surface area contributed by atoms with Gasteiger partial charge in [-0.15, -0.1) is 0 Å². The van der Waals surface area contributed by atoms with E-state index in [0.29, 0.717) is 12.1 Å². The maximum atomic E-state index is 13.2. The van der Waals surface area contributed by atoms with Gasteiger partial charge in [-0.25, -0.2) is 0 Å². The first-order chi connectivity index (χ1) is 12.8. The number of ether oxygens (including phenoxy) is 1. The smallest absolute Gasteiger partial charge is 0.430 e. The molecule has 0 spiro atoms. The number of rotatable bonds is 4. The number of hydrogen-bond acceptors (Lipinski definition) is 4. The van der Waals surface area contributed by atoms with Gasteiger partial charge in [0.05, 0.1) is 5.69 Å². The van der Waals surface area contributed by atoms with Crippen LogP contribution in [0, 0.1) is 0 Å². The zero-order valence-electron chi connectivity index (χ0n) is 15.2. The average Bonchev–Trinajstić information content (AvgIpc) is 3.03. The number of aliphatic imine (C=N–C) groups is 1. The van der Waals surface area contributed by atoms with Crippen LogP contribution < -0.4 is 4.90 Å². The number of aryl methyl sites for hydroxylation is 2. The van der Waals surface area contributed by atoms with E-state index in [1.807, 2.05) is 0 Å². The summed E-state index contributed by atoms with van der Waals surface area (Å²) in [5, 5.41) is 9.71. The Bertz CT molecular complexity index is 762. The van der Waals surface area contributed by atoms with E-state index in [-0.39, 0.29) is 42.3 Å². The topological polar surface area (TPSA) is 62.1 Å². The van der Waals surface area contributed by atoms with Gasteiger partial charge in [0.1, 0.15) is 0 Å². The zero-order valence-corrected chi connectivity index (χ0v) is 15.2. The minimum absolute atomic E-state index is 0.0630. The predicted molar refractivity (Wildman–Crippen MR) is 88.0 cm³/mol. The summed E-state index contributed by atoms with van der Waals surface area (Å²) >= 11 is 0. The molecule has 156 valence electrons. The van der Waals surface area contributed by atoms with Crippen LogP contribution in [0.1, 0.15) is 30.5 Å². The fourth-order valence-electron chi connectivity index (χ4n) is 2.99. The number of hydrogen-bond donors (Lipinski definition) is 1. The van der Waals surface area contributed by atoms with E-state index in [1.54, 1.807) is 13.8 Å². The molecule has 1 aliphatic heterocycles. The van der Waals surface area contributed by atoms with Crippen molar-refractivity contribution in [2.45, 2.75) is 44.6 Å². The van der Waals surface area contributed by atoms with E-state index < -0.39 is 29.4 Å². The number of alkyl halides is 6. The molecule has 0 aliphatic carbocycles. The highest BCUT2D eigenvalue weighted by Crippen LogP contribution is 2.51. The third-order valence-corrected chi connectivity index (χ3v) is 4.44. The van der Waals surface area contributed by atoms with Crippen molar-refractivity contribution >= 4 is 17.6 Å². The van der Waals surface area contributed by atoms with Crippen LogP contribution in [0.2, 0.25) is 0 Å². The Morgan fingerprint density at radius 2 is 1.54 bits per heavy atom. The van der Waals surface area contributed by atoms with Crippen LogP contribution in [0.5, 0.6) is 0 Å². The van der Waals surface area contributed by atoms with Gasteiger partial charge in [0.2, 0.25) is 0 Å². The van der Waals surface area contributed by atoms with Gasteiger partial charge < -0.3 is 9.84 Å². The van der Waals surface area contributed by atoms with Gasteiger partial charge in [0.15, 0.2) is 6.61 Å². The minimum atomic E-state index is -5.97. The second-order valence-electron chi connectivity index (χ2n) is 6.19. The first-order valence-corrected chi connectivity index (χ1v) is 8.28. The Morgan fingerprint density at radius 1 is 1.07 bits per heavy atom. The normalized spacial score (nSPS) is 15.5. The summed E-state index contributed by atoms with van der Waals surface area (Å²) in [6, 6.07) is 1.23. The van der Waals surface area contributed by atoms with Crippen molar-refractivity contribution in [2.24, 2.45) is 4.99 Å². The largest absolute Gasteiger partial charge is 0.454 e. The van der Waals surface area contributed by atoms with E-state index in [2.05, 4.69) is 4.99 Å². The fourth-order valence-corrected chi connectivity index (χ4v) is 2.99. The van der Waals surface area contributed by atoms with Crippen molar-refractivity contribution in [2.75, 3.05) is 18.6 Å². The second-order valence-corrected chi connectivity index (χ2v) is 6.19. The minimum Gasteiger partial charge on any atom is -0.454 e. The number of nitrogens with zero attached hydrogens (tertiary/aromatic N) is 2. The van der Waals surface area contributed by atoms with Crippen molar-refractivity contribution in [1.29, 1.82) is 0 Å². The number of halogens is 6. The lowest BCUT2D eigenvalue weighted by Gasteiger charge is -2.34. The molecule has 28 heavy (non-hydrogen) atoms. The highest BCUT2D eigenvalue weighted by atomic mass is 19.4. The molecule has 0 bridgehead atoms. The molecule has 5 nitrogen and oxygen atoms in total. The lowest BCUT2D eigenvalue weighted by atomic mass is 9.87. The zero-order chi connectivity index (χ0) is 21.5. The summed E-state index contributed by atoms with van der Waals surface area (Å²) in [7, 11) is 1.43. The fraction of sp³-hybridized carbons (Fsp3) is 0.529. The van der Waals surface area contributed by atoms with Crippen LogP contribution in [-0.2, 0) is 28.0 Å². The number of carbonyl (C=O) groups excluding carboxylic acids is 1. The number of carbonyl (C=O) groups is 1. The van der Waals surface area contributed by atoms with Crippen molar-refractivity contribution in [1.82, 2.24) is 0 Å². The molecule has 1 aromatic rings. The molecule has 1 heterocycles. The quantitative estimate of drug-likeness (QED) is 0.770. The van der Waals surface area contributed by atoms with Crippen molar-refractivity contribution in [3.05, 3.63) is 28.8 Å². The van der Waals surface area contributed by atoms with Crippen LogP contribution >= 0.6 is 0 Å². The summed E-state index contributed by atoms with van der Waals surface area (Å²) in [4.78, 5) is 16.2. The molecule has 11 heteroatoms. The standard InChI is InChI=1S/C17H18F6N2O3/c1-4-9-6-11(15(27,16(18,19)20)17(21,22)23)7-10(5-2)13(9)25(3)14-24-12(26)8-28-14/h6-7,27H,4-5,8H2,1-3H3. The number of amidine groups is 1. The highest BCUT2D eigenvalue weighted by molar-refractivity contribution is 6.04.